The molecule has 0 spiro atoms. The monoisotopic (exact) mass is 896 g/mol. The van der Waals surface area contributed by atoms with Crippen molar-refractivity contribution < 1.29 is 9.30 Å². The van der Waals surface area contributed by atoms with Gasteiger partial charge in [0.05, 0.1) is 33.4 Å². The van der Waals surface area contributed by atoms with Gasteiger partial charge in [-0.2, -0.15) is 0 Å². The third kappa shape index (κ3) is 8.18. The first-order valence-electron chi connectivity index (χ1n) is 24.1. The number of pyridine rings is 1. The minimum Gasteiger partial charge on any atom is -0.458 e. The quantitative estimate of drug-likeness (QED) is 0.107. The summed E-state index contributed by atoms with van der Waals surface area (Å²) < 4.78 is 13.5. The van der Waals surface area contributed by atoms with Gasteiger partial charge in [-0.15, -0.1) is 0 Å². The number of rotatable bonds is 9. The predicted octanol–water partition coefficient (Wildman–Crippen LogP) is 16.2. The molecule has 5 heteroatoms. The van der Waals surface area contributed by atoms with Crippen LogP contribution in [0.3, 0.4) is 0 Å². The van der Waals surface area contributed by atoms with Crippen LogP contribution in [0.2, 0.25) is 0 Å². The molecule has 0 aliphatic rings. The van der Waals surface area contributed by atoms with E-state index in [0.29, 0.717) is 0 Å². The van der Waals surface area contributed by atoms with E-state index in [1.165, 1.54) is 38.8 Å². The number of para-hydroxylation sites is 3. The fourth-order valence-electron chi connectivity index (χ4n) is 9.68. The smallest absolute Gasteiger partial charge is 0.269 e. The zero-order valence-electron chi connectivity index (χ0n) is 40.5. The molecule has 0 fully saturated rings. The lowest BCUT2D eigenvalue weighted by Crippen LogP contribution is -2.31. The fraction of sp³-hybridized carbons (Fsp3) is 0.156. The molecule has 0 bridgehead atoms. The SMILES string of the molecule is CCc1ccnc(-n2c3ccc(-c4ccccc4)cc3c3ccc(Oc4cccc(-n5[c-][n+](-c6c(-c7ccccc7)cccc6-c6cc(C(C)(C)C)cc(C(C)(C)C)c6)c6ccccc65)c4)cc32)c1. The molecule has 3 heterocycles. The van der Waals surface area contributed by atoms with Gasteiger partial charge in [0, 0.05) is 23.0 Å². The second-order valence-corrected chi connectivity index (χ2v) is 20.2. The highest BCUT2D eigenvalue weighted by Crippen LogP contribution is 2.40. The van der Waals surface area contributed by atoms with Crippen molar-refractivity contribution in [2.24, 2.45) is 0 Å². The van der Waals surface area contributed by atoms with Crippen LogP contribution < -0.4 is 9.30 Å². The summed E-state index contributed by atoms with van der Waals surface area (Å²) in [6, 6.07) is 69.5. The molecule has 11 rings (SSSR count). The van der Waals surface area contributed by atoms with Gasteiger partial charge in [0.2, 0.25) is 0 Å². The van der Waals surface area contributed by atoms with Crippen LogP contribution in [-0.4, -0.2) is 14.1 Å². The molecule has 11 aromatic rings. The van der Waals surface area contributed by atoms with Crippen LogP contribution in [0.15, 0.2) is 200 Å². The number of hydrogen-bond donors (Lipinski definition) is 0. The van der Waals surface area contributed by atoms with Crippen molar-refractivity contribution in [1.82, 2.24) is 14.1 Å². The Bertz CT molecular complexity index is 3660. The number of aryl methyl sites for hydroxylation is 1. The minimum atomic E-state index is -0.0375. The molecule has 8 aromatic carbocycles. The number of hydrogen-bond acceptors (Lipinski definition) is 2. The number of aromatic nitrogens is 4. The molecule has 338 valence electrons. The average molecular weight is 897 g/mol. The lowest BCUT2D eigenvalue weighted by Gasteiger charge is -2.27. The molecular weight excluding hydrogens is 841 g/mol. The second-order valence-electron chi connectivity index (χ2n) is 20.2. The first-order valence-corrected chi connectivity index (χ1v) is 24.1. The Hall–Kier alpha value is -8.02. The van der Waals surface area contributed by atoms with Crippen molar-refractivity contribution in [3.8, 4) is 62.1 Å². The van der Waals surface area contributed by atoms with Crippen molar-refractivity contribution in [3.05, 3.63) is 223 Å². The molecular formula is C64H56N4O. The largest absolute Gasteiger partial charge is 0.458 e. The Morgan fingerprint density at radius 1 is 0.507 bits per heavy atom. The van der Waals surface area contributed by atoms with E-state index >= 15 is 0 Å². The fourth-order valence-corrected chi connectivity index (χ4v) is 9.68. The summed E-state index contributed by atoms with van der Waals surface area (Å²) in [5, 5.41) is 2.31. The molecule has 0 aliphatic heterocycles. The summed E-state index contributed by atoms with van der Waals surface area (Å²) >= 11 is 0. The van der Waals surface area contributed by atoms with Crippen LogP contribution in [0.25, 0.3) is 83.4 Å². The van der Waals surface area contributed by atoms with E-state index in [9.17, 15) is 0 Å². The maximum Gasteiger partial charge on any atom is 0.269 e. The van der Waals surface area contributed by atoms with Gasteiger partial charge in [-0.1, -0.05) is 182 Å². The normalized spacial score (nSPS) is 12.0. The Morgan fingerprint density at radius 3 is 1.90 bits per heavy atom. The van der Waals surface area contributed by atoms with Crippen LogP contribution in [0.4, 0.5) is 0 Å². The van der Waals surface area contributed by atoms with Gasteiger partial charge in [0.1, 0.15) is 17.3 Å². The summed E-state index contributed by atoms with van der Waals surface area (Å²) in [7, 11) is 0. The van der Waals surface area contributed by atoms with Crippen molar-refractivity contribution in [3.63, 3.8) is 0 Å². The maximum absolute atomic E-state index is 6.84. The number of benzene rings is 8. The minimum absolute atomic E-state index is 0.0375. The van der Waals surface area contributed by atoms with E-state index in [0.717, 1.165) is 79.3 Å². The van der Waals surface area contributed by atoms with Crippen molar-refractivity contribution in [2.75, 3.05) is 0 Å². The van der Waals surface area contributed by atoms with Gasteiger partial charge in [0.25, 0.3) is 6.33 Å². The van der Waals surface area contributed by atoms with Crippen LogP contribution in [0, 0.1) is 6.33 Å². The van der Waals surface area contributed by atoms with Crippen LogP contribution in [0.5, 0.6) is 11.5 Å². The van der Waals surface area contributed by atoms with Crippen LogP contribution in [0.1, 0.15) is 65.2 Å². The third-order valence-electron chi connectivity index (χ3n) is 13.5. The Morgan fingerprint density at radius 2 is 1.17 bits per heavy atom. The van der Waals surface area contributed by atoms with Crippen molar-refractivity contribution in [2.45, 2.75) is 65.7 Å². The molecule has 0 amide bonds. The Labute approximate surface area is 405 Å². The summed E-state index contributed by atoms with van der Waals surface area (Å²) in [6.07, 6.45) is 6.72. The number of nitrogens with zero attached hydrogens (tertiary/aromatic N) is 4. The lowest BCUT2D eigenvalue weighted by atomic mass is 9.78. The Kier molecular flexibility index (Phi) is 10.9. The van der Waals surface area contributed by atoms with Gasteiger partial charge in [-0.3, -0.25) is 13.7 Å². The molecule has 0 atom stereocenters. The zero-order chi connectivity index (χ0) is 47.4. The van der Waals surface area contributed by atoms with Gasteiger partial charge >= 0.3 is 0 Å². The molecule has 0 unspecified atom stereocenters. The lowest BCUT2D eigenvalue weighted by molar-refractivity contribution is -0.571. The van der Waals surface area contributed by atoms with Crippen molar-refractivity contribution >= 4 is 32.8 Å². The molecule has 3 aromatic heterocycles. The van der Waals surface area contributed by atoms with E-state index in [4.69, 9.17) is 9.72 Å². The van der Waals surface area contributed by atoms with Gasteiger partial charge in [-0.05, 0) is 122 Å². The first kappa shape index (κ1) is 43.5. The zero-order valence-corrected chi connectivity index (χ0v) is 40.5. The number of fused-ring (bicyclic) bond motifs is 4. The van der Waals surface area contributed by atoms with Crippen LogP contribution in [-0.2, 0) is 17.3 Å². The van der Waals surface area contributed by atoms with Crippen LogP contribution >= 0.6 is 0 Å². The van der Waals surface area contributed by atoms with Gasteiger partial charge < -0.3 is 4.74 Å². The molecule has 0 radical (unpaired) electrons. The second kappa shape index (κ2) is 17.2. The third-order valence-corrected chi connectivity index (χ3v) is 13.5. The molecule has 5 nitrogen and oxygen atoms in total. The summed E-state index contributed by atoms with van der Waals surface area (Å²) in [4.78, 5) is 4.90. The predicted molar refractivity (Wildman–Crippen MR) is 285 cm³/mol. The molecule has 0 N–H and O–H groups in total. The van der Waals surface area contributed by atoms with E-state index in [1.54, 1.807) is 0 Å². The Balaban J connectivity index is 1.04. The average Bonchev–Trinajstić information content (AvgIpc) is 3.91. The highest BCUT2D eigenvalue weighted by Gasteiger charge is 2.25. The van der Waals surface area contributed by atoms with Crippen molar-refractivity contribution in [1.29, 1.82) is 0 Å². The van der Waals surface area contributed by atoms with Gasteiger partial charge in [0.15, 0.2) is 0 Å². The molecule has 0 aliphatic carbocycles. The molecule has 0 saturated carbocycles. The van der Waals surface area contributed by atoms with E-state index < -0.39 is 0 Å². The highest BCUT2D eigenvalue weighted by molar-refractivity contribution is 6.10. The summed E-state index contributed by atoms with van der Waals surface area (Å²) in [6.45, 7) is 16.0. The summed E-state index contributed by atoms with van der Waals surface area (Å²) in [5.41, 5.74) is 17.0. The summed E-state index contributed by atoms with van der Waals surface area (Å²) in [5.74, 6) is 2.35. The molecule has 69 heavy (non-hydrogen) atoms. The van der Waals surface area contributed by atoms with E-state index in [-0.39, 0.29) is 10.8 Å². The molecule has 0 saturated heterocycles. The van der Waals surface area contributed by atoms with E-state index in [1.807, 2.05) is 12.3 Å². The number of imidazole rings is 1. The highest BCUT2D eigenvalue weighted by atomic mass is 16.5. The topological polar surface area (TPSA) is 35.9 Å². The van der Waals surface area contributed by atoms with Gasteiger partial charge in [-0.25, -0.2) is 4.98 Å². The van der Waals surface area contributed by atoms with E-state index in [2.05, 4.69) is 257 Å². The first-order chi connectivity index (χ1) is 33.4. The standard InChI is InChI=1S/C64H56N4O/c1-8-43-33-34-65-61(35-43)68-57-32-29-46(44-19-11-9-12-20-44)38-56(57)55-31-30-52(41-60(55)68)69-51-24-17-23-50(40-51)66-42-67(59-28-16-15-27-58(59)66)62-53(45-21-13-10-14-22-45)25-18-26-54(62)47-36-48(63(2,3)4)39-49(37-47)64(5,6)7/h9-41H,8H2,1-7H3. The maximum atomic E-state index is 6.84. The number of ether oxygens (including phenoxy) is 1.